The molecule has 1 atom stereocenters. The first kappa shape index (κ1) is 18.9. The summed E-state index contributed by atoms with van der Waals surface area (Å²) in [6.45, 7) is 4.26. The minimum atomic E-state index is -0.859. The maximum atomic E-state index is 13.4. The number of rotatable bonds is 4. The van der Waals surface area contributed by atoms with E-state index in [1.165, 1.54) is 50.7 Å². The van der Waals surface area contributed by atoms with E-state index in [1.807, 2.05) is 6.08 Å². The summed E-state index contributed by atoms with van der Waals surface area (Å²) >= 11 is 0. The first-order valence-corrected chi connectivity index (χ1v) is 11.1. The Balaban J connectivity index is 1.59. The number of benzene rings is 1. The number of hydrogen-bond donors (Lipinski definition) is 1. The molecule has 3 nitrogen and oxygen atoms in total. The van der Waals surface area contributed by atoms with Crippen LogP contribution >= 0.6 is 0 Å². The topological polar surface area (TPSA) is 40.5 Å². The van der Waals surface area contributed by atoms with Crippen molar-refractivity contribution in [2.45, 2.75) is 64.0 Å². The van der Waals surface area contributed by atoms with Crippen molar-refractivity contribution >= 4 is 11.5 Å². The monoisotopic (exact) mass is 395 g/mol. The van der Waals surface area contributed by atoms with Gasteiger partial charge in [-0.1, -0.05) is 26.0 Å². The summed E-state index contributed by atoms with van der Waals surface area (Å²) in [7, 11) is 0. The summed E-state index contributed by atoms with van der Waals surface area (Å²) < 4.78 is 13.4. The second-order valence-electron chi connectivity index (χ2n) is 10.2. The number of nitrogens with zero attached hydrogens (tertiary/aromatic N) is 1. The standard InChI is InChI=1S/C25H30FNO2/c1-15(2)23-22(24(28)29)21(19-3-5-20(26)6-4-19)7-8-27(23)25-12-16-9-17(13-25)11-18(10-16)14-25/h3-8,15-18,23H,9-14H2,1-2H3,(H,28,29). The SMILES string of the molecule is CC(C)C1C(C(=O)O)=C(c2ccc(F)cc2)C=CN1C12CC3CC(CC(C3)C1)C2. The van der Waals surface area contributed by atoms with Crippen molar-refractivity contribution in [1.82, 2.24) is 4.90 Å². The predicted octanol–water partition coefficient (Wildman–Crippen LogP) is 5.49. The first-order chi connectivity index (χ1) is 13.9. The Morgan fingerprint density at radius 2 is 1.62 bits per heavy atom. The predicted molar refractivity (Wildman–Crippen MR) is 111 cm³/mol. The van der Waals surface area contributed by atoms with E-state index in [0.29, 0.717) is 5.57 Å². The smallest absolute Gasteiger partial charge is 0.334 e. The molecular formula is C25H30FNO2. The molecule has 4 heteroatoms. The number of aliphatic carboxylic acids is 1. The van der Waals surface area contributed by atoms with Gasteiger partial charge in [0.1, 0.15) is 5.82 Å². The maximum absolute atomic E-state index is 13.4. The van der Waals surface area contributed by atoms with Gasteiger partial charge in [-0.3, -0.25) is 0 Å². The molecule has 0 amide bonds. The molecule has 29 heavy (non-hydrogen) atoms. The minimum Gasteiger partial charge on any atom is -0.478 e. The van der Waals surface area contributed by atoms with E-state index in [0.717, 1.165) is 28.9 Å². The van der Waals surface area contributed by atoms with E-state index in [9.17, 15) is 14.3 Å². The molecule has 0 saturated heterocycles. The van der Waals surface area contributed by atoms with Crippen molar-refractivity contribution in [2.24, 2.45) is 23.7 Å². The van der Waals surface area contributed by atoms with Crippen molar-refractivity contribution in [3.05, 3.63) is 53.5 Å². The molecule has 4 saturated carbocycles. The van der Waals surface area contributed by atoms with E-state index in [2.05, 4.69) is 24.9 Å². The molecule has 6 rings (SSSR count). The fourth-order valence-electron chi connectivity index (χ4n) is 7.25. The highest BCUT2D eigenvalue weighted by Gasteiger charge is 2.55. The number of halogens is 1. The van der Waals surface area contributed by atoms with Gasteiger partial charge in [0.05, 0.1) is 11.6 Å². The van der Waals surface area contributed by atoms with Gasteiger partial charge in [0.15, 0.2) is 0 Å². The van der Waals surface area contributed by atoms with E-state index in [-0.39, 0.29) is 23.3 Å². The van der Waals surface area contributed by atoms with Crippen LogP contribution in [0, 0.1) is 29.5 Å². The van der Waals surface area contributed by atoms with Crippen LogP contribution in [0.25, 0.3) is 5.57 Å². The second kappa shape index (κ2) is 6.72. The Morgan fingerprint density at radius 3 is 2.10 bits per heavy atom. The lowest BCUT2D eigenvalue weighted by Gasteiger charge is -2.62. The van der Waals surface area contributed by atoms with Gasteiger partial charge in [0.25, 0.3) is 0 Å². The van der Waals surface area contributed by atoms with Crippen molar-refractivity contribution in [3.63, 3.8) is 0 Å². The molecule has 4 aliphatic carbocycles. The van der Waals surface area contributed by atoms with Crippen molar-refractivity contribution in [1.29, 1.82) is 0 Å². The van der Waals surface area contributed by atoms with Gasteiger partial charge in [-0.2, -0.15) is 0 Å². The highest BCUT2D eigenvalue weighted by atomic mass is 19.1. The van der Waals surface area contributed by atoms with Crippen LogP contribution in [0.3, 0.4) is 0 Å². The highest BCUT2D eigenvalue weighted by molar-refractivity contribution is 6.01. The Morgan fingerprint density at radius 1 is 1.07 bits per heavy atom. The Kier molecular flexibility index (Phi) is 4.38. The van der Waals surface area contributed by atoms with Crippen molar-refractivity contribution < 1.29 is 14.3 Å². The molecule has 1 aromatic carbocycles. The number of carboxylic acid groups (broad SMARTS) is 1. The lowest BCUT2D eigenvalue weighted by atomic mass is 9.52. The third kappa shape index (κ3) is 3.03. The van der Waals surface area contributed by atoms with Crippen LogP contribution in [0.5, 0.6) is 0 Å². The zero-order valence-electron chi connectivity index (χ0n) is 17.3. The van der Waals surface area contributed by atoms with Crippen LogP contribution in [-0.4, -0.2) is 27.6 Å². The fraction of sp³-hybridized carbons (Fsp3) is 0.560. The molecule has 1 N–H and O–H groups in total. The Hall–Kier alpha value is -2.10. The molecule has 4 bridgehead atoms. The van der Waals surface area contributed by atoms with E-state index < -0.39 is 5.97 Å². The third-order valence-corrected chi connectivity index (χ3v) is 7.86. The van der Waals surface area contributed by atoms with Gasteiger partial charge in [-0.15, -0.1) is 0 Å². The summed E-state index contributed by atoms with van der Waals surface area (Å²) in [5.74, 6) is 1.42. The van der Waals surface area contributed by atoms with Crippen LogP contribution in [0.1, 0.15) is 57.9 Å². The van der Waals surface area contributed by atoms with Crippen LogP contribution in [0.4, 0.5) is 4.39 Å². The molecule has 1 aromatic rings. The van der Waals surface area contributed by atoms with E-state index in [1.54, 1.807) is 12.1 Å². The zero-order chi connectivity index (χ0) is 20.3. The summed E-state index contributed by atoms with van der Waals surface area (Å²) in [5.41, 5.74) is 2.06. The van der Waals surface area contributed by atoms with Gasteiger partial charge in [-0.25, -0.2) is 9.18 Å². The van der Waals surface area contributed by atoms with Gasteiger partial charge < -0.3 is 10.0 Å². The van der Waals surface area contributed by atoms with Crippen LogP contribution in [-0.2, 0) is 4.79 Å². The molecule has 1 heterocycles. The van der Waals surface area contributed by atoms with Gasteiger partial charge in [-0.05, 0) is 91.5 Å². The molecule has 0 radical (unpaired) electrons. The molecule has 0 aromatic heterocycles. The number of allylic oxidation sites excluding steroid dienone is 2. The summed E-state index contributed by atoms with van der Waals surface area (Å²) in [4.78, 5) is 14.9. The Labute approximate surface area is 172 Å². The lowest BCUT2D eigenvalue weighted by molar-refractivity contribution is -0.134. The zero-order valence-corrected chi connectivity index (χ0v) is 17.3. The highest BCUT2D eigenvalue weighted by Crippen LogP contribution is 2.59. The average molecular weight is 396 g/mol. The molecule has 1 aliphatic heterocycles. The number of hydrogen-bond acceptors (Lipinski definition) is 2. The third-order valence-electron chi connectivity index (χ3n) is 7.86. The van der Waals surface area contributed by atoms with Crippen LogP contribution in [0.15, 0.2) is 42.1 Å². The number of carboxylic acids is 1. The molecule has 5 aliphatic rings. The van der Waals surface area contributed by atoms with E-state index in [4.69, 9.17) is 0 Å². The quantitative estimate of drug-likeness (QED) is 0.733. The molecule has 154 valence electrons. The van der Waals surface area contributed by atoms with Gasteiger partial charge in [0.2, 0.25) is 0 Å². The lowest BCUT2D eigenvalue weighted by Crippen LogP contribution is -2.62. The average Bonchev–Trinajstić information content (AvgIpc) is 2.66. The second-order valence-corrected chi connectivity index (χ2v) is 10.2. The largest absolute Gasteiger partial charge is 0.478 e. The van der Waals surface area contributed by atoms with Crippen LogP contribution in [0.2, 0.25) is 0 Å². The summed E-state index contributed by atoms with van der Waals surface area (Å²) in [5, 5.41) is 10.3. The van der Waals surface area contributed by atoms with Crippen LogP contribution < -0.4 is 0 Å². The van der Waals surface area contributed by atoms with Gasteiger partial charge >= 0.3 is 5.97 Å². The van der Waals surface area contributed by atoms with Crippen molar-refractivity contribution in [2.75, 3.05) is 0 Å². The first-order valence-electron chi connectivity index (χ1n) is 11.1. The van der Waals surface area contributed by atoms with Crippen molar-refractivity contribution in [3.8, 4) is 0 Å². The summed E-state index contributed by atoms with van der Waals surface area (Å²) in [6.07, 6.45) is 11.8. The molecule has 1 unspecified atom stereocenters. The minimum absolute atomic E-state index is 0.106. The fourth-order valence-corrected chi connectivity index (χ4v) is 7.25. The number of carbonyl (C=O) groups is 1. The van der Waals surface area contributed by atoms with E-state index >= 15 is 0 Å². The molecule has 4 fully saturated rings. The normalized spacial score (nSPS) is 35.7. The molecule has 0 spiro atoms. The summed E-state index contributed by atoms with van der Waals surface area (Å²) in [6, 6.07) is 6.04. The Bertz CT molecular complexity index is 847. The maximum Gasteiger partial charge on any atom is 0.334 e. The van der Waals surface area contributed by atoms with Gasteiger partial charge in [0, 0.05) is 11.7 Å². The molecular weight excluding hydrogens is 365 g/mol.